The van der Waals surface area contributed by atoms with Gasteiger partial charge in [0, 0.05) is 43.5 Å². The average molecular weight is 723 g/mol. The summed E-state index contributed by atoms with van der Waals surface area (Å²) in [6, 6.07) is 15.1. The fraction of sp³-hybridized carbons (Fsp3) is 0.442. The minimum Gasteiger partial charge on any atom is -0.493 e. The topological polar surface area (TPSA) is 99.1 Å². The Morgan fingerprint density at radius 2 is 1.64 bits per heavy atom. The van der Waals surface area contributed by atoms with Crippen LogP contribution < -0.4 is 14.2 Å². The van der Waals surface area contributed by atoms with Crippen molar-refractivity contribution in [1.29, 1.82) is 0 Å². The minimum atomic E-state index is 0.0130. The Morgan fingerprint density at radius 3 is 2.45 bits per heavy atom. The molecule has 1 N–H and O–H groups in total. The van der Waals surface area contributed by atoms with Gasteiger partial charge in [-0.15, -0.1) is 0 Å². The number of methoxy groups -OCH3 is 2. The number of rotatable bonds is 10. The standard InChI is InChI=1S/C43H50N2O8/c1-44-13-10-30-25-40-38-27-34(30)35(44)23-29-6-9-37(47-2)39(24-29)52-32-7-4-28(5-8-32)22-36-42-31(11-14-45(36)15-18-49-20-21-50-19-16-46)26-41(48-3)43(53-40)33(42)12-17-51-38/h4,6-7,9,12,17,24-27,35-36,46H,5,8,10-11,13-16,18-23H2,1-3H3. The fourth-order valence-electron chi connectivity index (χ4n) is 8.44. The number of nitrogens with zero attached hydrogens (tertiary/aromatic N) is 2. The fourth-order valence-corrected chi connectivity index (χ4v) is 8.44. The van der Waals surface area contributed by atoms with Gasteiger partial charge >= 0.3 is 0 Å². The van der Waals surface area contributed by atoms with Crippen LogP contribution in [0, 0.1) is 0 Å². The third-order valence-corrected chi connectivity index (χ3v) is 11.2. The Bertz CT molecular complexity index is 2080. The van der Waals surface area contributed by atoms with E-state index in [1.54, 1.807) is 14.2 Å². The number of benzene rings is 3. The van der Waals surface area contributed by atoms with Gasteiger partial charge in [0.05, 0.1) is 53.5 Å². The van der Waals surface area contributed by atoms with E-state index >= 15 is 0 Å². The molecule has 7 aliphatic heterocycles. The third kappa shape index (κ3) is 7.43. The Labute approximate surface area is 310 Å². The molecule has 10 nitrogen and oxygen atoms in total. The molecule has 8 heterocycles. The molecule has 2 atom stereocenters. The van der Waals surface area contributed by atoms with Gasteiger partial charge < -0.3 is 37.6 Å². The Balaban J connectivity index is 1.28. The van der Waals surface area contributed by atoms with Crippen LogP contribution in [0.15, 0.2) is 81.0 Å². The maximum Gasteiger partial charge on any atom is 0.177 e. The van der Waals surface area contributed by atoms with Crippen molar-refractivity contribution in [1.82, 2.24) is 9.80 Å². The molecule has 0 saturated heterocycles. The van der Waals surface area contributed by atoms with Crippen LogP contribution in [0.5, 0.6) is 17.2 Å². The zero-order chi connectivity index (χ0) is 36.3. The highest BCUT2D eigenvalue weighted by Gasteiger charge is 2.32. The van der Waals surface area contributed by atoms with Gasteiger partial charge in [-0.25, -0.2) is 0 Å². The lowest BCUT2D eigenvalue weighted by atomic mass is 9.84. The van der Waals surface area contributed by atoms with E-state index < -0.39 is 0 Å². The van der Waals surface area contributed by atoms with Gasteiger partial charge in [0.25, 0.3) is 0 Å². The second kappa shape index (κ2) is 16.0. The lowest BCUT2D eigenvalue weighted by molar-refractivity contribution is 0.0218. The van der Waals surface area contributed by atoms with E-state index in [0.29, 0.717) is 43.2 Å². The molecule has 0 amide bonds. The van der Waals surface area contributed by atoms with E-state index in [2.05, 4.69) is 65.4 Å². The Hall–Kier alpha value is -4.32. The molecule has 8 aliphatic rings. The first kappa shape index (κ1) is 35.7. The van der Waals surface area contributed by atoms with Crippen molar-refractivity contribution in [2.75, 3.05) is 73.9 Å². The summed E-state index contributed by atoms with van der Waals surface area (Å²) >= 11 is 0. The molecule has 0 saturated carbocycles. The average Bonchev–Trinajstić information content (AvgIpc) is 3.16. The van der Waals surface area contributed by atoms with Crippen LogP contribution in [-0.2, 0) is 28.7 Å². The number of aliphatic hydroxyl groups is 1. The van der Waals surface area contributed by atoms with Crippen molar-refractivity contribution in [3.8, 4) is 17.2 Å². The van der Waals surface area contributed by atoms with Crippen molar-refractivity contribution in [3.05, 3.63) is 100 Å². The van der Waals surface area contributed by atoms with Crippen LogP contribution in [0.3, 0.4) is 0 Å². The molecule has 280 valence electrons. The molecule has 12 bridgehead atoms. The van der Waals surface area contributed by atoms with Crippen LogP contribution >= 0.6 is 0 Å². The molecule has 1 aliphatic carbocycles. The molecule has 0 spiro atoms. The minimum absolute atomic E-state index is 0.0130. The lowest BCUT2D eigenvalue weighted by Crippen LogP contribution is -2.38. The monoisotopic (exact) mass is 722 g/mol. The highest BCUT2D eigenvalue weighted by Crippen LogP contribution is 2.44. The third-order valence-electron chi connectivity index (χ3n) is 11.2. The van der Waals surface area contributed by atoms with Crippen LogP contribution in [0.25, 0.3) is 22.1 Å². The molecule has 0 radical (unpaired) electrons. The van der Waals surface area contributed by atoms with E-state index in [-0.39, 0.29) is 18.7 Å². The smallest absolute Gasteiger partial charge is 0.177 e. The van der Waals surface area contributed by atoms with Crippen molar-refractivity contribution in [3.63, 3.8) is 0 Å². The molecule has 0 fully saturated rings. The summed E-state index contributed by atoms with van der Waals surface area (Å²) in [7, 11) is 5.62. The van der Waals surface area contributed by atoms with Crippen molar-refractivity contribution in [2.24, 2.45) is 0 Å². The van der Waals surface area contributed by atoms with E-state index in [9.17, 15) is 0 Å². The largest absolute Gasteiger partial charge is 0.493 e. The van der Waals surface area contributed by atoms with Crippen LogP contribution in [0.2, 0.25) is 0 Å². The van der Waals surface area contributed by atoms with Crippen molar-refractivity contribution < 1.29 is 37.6 Å². The first-order chi connectivity index (χ1) is 26.0. The molecule has 10 heteroatoms. The van der Waals surface area contributed by atoms with Gasteiger partial charge in [0.15, 0.2) is 34.0 Å². The molecular weight excluding hydrogens is 672 g/mol. The van der Waals surface area contributed by atoms with E-state index in [1.165, 1.54) is 33.4 Å². The zero-order valence-corrected chi connectivity index (χ0v) is 31.0. The molecule has 3 aromatic carbocycles. The Morgan fingerprint density at radius 1 is 0.792 bits per heavy atom. The first-order valence-corrected chi connectivity index (χ1v) is 18.9. The maximum atomic E-state index is 9.03. The quantitative estimate of drug-likeness (QED) is 0.167. The first-order valence-electron chi connectivity index (χ1n) is 18.9. The predicted molar refractivity (Wildman–Crippen MR) is 203 cm³/mol. The Kier molecular flexibility index (Phi) is 10.8. The van der Waals surface area contributed by atoms with Gasteiger partial charge in [-0.3, -0.25) is 9.80 Å². The summed E-state index contributed by atoms with van der Waals surface area (Å²) < 4.78 is 43.2. The summed E-state index contributed by atoms with van der Waals surface area (Å²) in [5.41, 5.74) is 9.64. The maximum absolute atomic E-state index is 9.03. The number of aliphatic hydroxyl groups excluding tert-OH is 1. The summed E-state index contributed by atoms with van der Waals surface area (Å²) in [6.07, 6.45) is 11.3. The number of hydrogen-bond donors (Lipinski definition) is 1. The number of allylic oxidation sites excluding steroid dienone is 3. The number of hydrogen-bond acceptors (Lipinski definition) is 10. The summed E-state index contributed by atoms with van der Waals surface area (Å²) in [6.45, 7) is 4.46. The van der Waals surface area contributed by atoms with Gasteiger partial charge in [0.1, 0.15) is 5.76 Å². The van der Waals surface area contributed by atoms with Crippen LogP contribution in [0.1, 0.15) is 59.2 Å². The molecule has 1 aromatic heterocycles. The van der Waals surface area contributed by atoms with Crippen molar-refractivity contribution >= 4 is 22.1 Å². The van der Waals surface area contributed by atoms with E-state index in [4.69, 9.17) is 37.6 Å². The van der Waals surface area contributed by atoms with Gasteiger partial charge in [-0.1, -0.05) is 17.7 Å². The van der Waals surface area contributed by atoms with Crippen molar-refractivity contribution in [2.45, 2.75) is 50.6 Å². The highest BCUT2D eigenvalue weighted by molar-refractivity contribution is 5.89. The van der Waals surface area contributed by atoms with Gasteiger partial charge in [-0.2, -0.15) is 0 Å². The van der Waals surface area contributed by atoms with Crippen LogP contribution in [-0.4, -0.2) is 88.8 Å². The van der Waals surface area contributed by atoms with Gasteiger partial charge in [-0.05, 0) is 109 Å². The summed E-state index contributed by atoms with van der Waals surface area (Å²) in [5, 5.41) is 10.0. The second-order valence-electron chi connectivity index (χ2n) is 14.4. The normalized spacial score (nSPS) is 19.9. The van der Waals surface area contributed by atoms with Gasteiger partial charge in [0.2, 0.25) is 0 Å². The molecule has 12 rings (SSSR count). The number of likely N-dealkylation sites (N-methyl/N-ethyl adjacent to an activating group) is 1. The summed E-state index contributed by atoms with van der Waals surface area (Å²) in [5.74, 6) is 3.13. The second-order valence-corrected chi connectivity index (χ2v) is 14.4. The number of ether oxygens (including phenoxy) is 5. The van der Waals surface area contributed by atoms with E-state index in [0.717, 1.165) is 86.6 Å². The SMILES string of the molecule is COc1ccc2cc1OC1=CC=C(CC1)CC1c3c(cc(OC)c4oc5cc6c(cc5occc34)C(C2)N(C)CC6)CCN1CCOCCOCCO. The molecular formula is C43H50N2O8. The van der Waals surface area contributed by atoms with Crippen LogP contribution in [0.4, 0.5) is 0 Å². The van der Waals surface area contributed by atoms with E-state index in [1.807, 2.05) is 12.3 Å². The molecule has 4 aromatic rings. The molecule has 53 heavy (non-hydrogen) atoms. The predicted octanol–water partition coefficient (Wildman–Crippen LogP) is 7.40. The lowest BCUT2D eigenvalue weighted by Gasteiger charge is -2.39. The summed E-state index contributed by atoms with van der Waals surface area (Å²) in [4.78, 5) is 4.96. The zero-order valence-electron chi connectivity index (χ0n) is 31.0. The highest BCUT2D eigenvalue weighted by atomic mass is 16.5. The molecule has 2 unspecified atom stereocenters.